The fourth-order valence-corrected chi connectivity index (χ4v) is 4.17. The third-order valence-electron chi connectivity index (χ3n) is 4.94. The average Bonchev–Trinajstić information content (AvgIpc) is 2.18. The molecule has 1 aliphatic carbocycles. The lowest BCUT2D eigenvalue weighted by Crippen LogP contribution is -2.62. The second-order valence-electron chi connectivity index (χ2n) is 8.30. The van der Waals surface area contributed by atoms with E-state index >= 15 is 0 Å². The van der Waals surface area contributed by atoms with Crippen molar-refractivity contribution in [1.29, 1.82) is 0 Å². The number of piperidine rings is 1. The number of carbonyl (C=O) groups excluding carboxylic acids is 1. The highest BCUT2D eigenvalue weighted by Gasteiger charge is 2.40. The summed E-state index contributed by atoms with van der Waals surface area (Å²) in [4.78, 5) is 12.3. The minimum absolute atomic E-state index is 0.0712. The third-order valence-corrected chi connectivity index (χ3v) is 4.94. The zero-order valence-corrected chi connectivity index (χ0v) is 13.5. The Kier molecular flexibility index (Phi) is 4.18. The van der Waals surface area contributed by atoms with Crippen molar-refractivity contribution in [2.75, 3.05) is 6.54 Å². The Morgan fingerprint density at radius 3 is 2.15 bits per heavy atom. The van der Waals surface area contributed by atoms with Crippen LogP contribution in [0.25, 0.3) is 0 Å². The molecule has 4 heteroatoms. The molecule has 116 valence electrons. The number of amides is 1. The number of nitrogens with two attached hydrogens (primary N) is 1. The number of hydrogen-bond acceptors (Lipinski definition) is 3. The summed E-state index contributed by atoms with van der Waals surface area (Å²) < 4.78 is 0. The Morgan fingerprint density at radius 1 is 1.20 bits per heavy atom. The van der Waals surface area contributed by atoms with E-state index in [1.165, 1.54) is 6.42 Å². The normalized spacial score (nSPS) is 27.6. The van der Waals surface area contributed by atoms with Crippen molar-refractivity contribution in [2.45, 2.75) is 83.3 Å². The molecular formula is C16H31N3O. The van der Waals surface area contributed by atoms with Crippen LogP contribution in [0.2, 0.25) is 0 Å². The van der Waals surface area contributed by atoms with Gasteiger partial charge in [0.05, 0.1) is 0 Å². The predicted molar refractivity (Wildman–Crippen MR) is 82.4 cm³/mol. The molecular weight excluding hydrogens is 250 g/mol. The summed E-state index contributed by atoms with van der Waals surface area (Å²) in [5.41, 5.74) is 6.09. The number of rotatable bonds is 4. The van der Waals surface area contributed by atoms with Gasteiger partial charge in [0.15, 0.2) is 0 Å². The Labute approximate surface area is 123 Å². The van der Waals surface area contributed by atoms with E-state index in [0.717, 1.165) is 25.7 Å². The van der Waals surface area contributed by atoms with E-state index in [9.17, 15) is 4.79 Å². The lowest BCUT2D eigenvalue weighted by atomic mass is 9.66. The van der Waals surface area contributed by atoms with Gasteiger partial charge in [-0.15, -0.1) is 0 Å². The smallest absolute Gasteiger partial charge is 0.220 e. The van der Waals surface area contributed by atoms with Gasteiger partial charge in [-0.1, -0.05) is 6.42 Å². The summed E-state index contributed by atoms with van der Waals surface area (Å²) >= 11 is 0. The van der Waals surface area contributed by atoms with Crippen LogP contribution in [0.15, 0.2) is 0 Å². The van der Waals surface area contributed by atoms with Crippen LogP contribution in [0.3, 0.4) is 0 Å². The largest absolute Gasteiger partial charge is 0.353 e. The van der Waals surface area contributed by atoms with E-state index in [4.69, 9.17) is 5.73 Å². The summed E-state index contributed by atoms with van der Waals surface area (Å²) in [5, 5.41) is 6.90. The second kappa shape index (κ2) is 5.30. The van der Waals surface area contributed by atoms with Gasteiger partial charge in [0, 0.05) is 23.5 Å². The number of hydrogen-bond donors (Lipinski definition) is 3. The van der Waals surface area contributed by atoms with Crippen LogP contribution in [0.1, 0.15) is 66.2 Å². The van der Waals surface area contributed by atoms with E-state index in [1.54, 1.807) is 0 Å². The first kappa shape index (κ1) is 15.8. The van der Waals surface area contributed by atoms with Gasteiger partial charge in [-0.3, -0.25) is 4.79 Å². The fraction of sp³-hybridized carbons (Fsp3) is 0.938. The highest BCUT2D eigenvalue weighted by Crippen LogP contribution is 2.43. The molecule has 1 amide bonds. The molecule has 2 fully saturated rings. The molecule has 2 rings (SSSR count). The van der Waals surface area contributed by atoms with Crippen LogP contribution in [-0.2, 0) is 4.79 Å². The molecule has 0 radical (unpaired) electrons. The molecule has 1 saturated heterocycles. The summed E-state index contributed by atoms with van der Waals surface area (Å²) in [6.07, 6.45) is 6.02. The van der Waals surface area contributed by atoms with Crippen molar-refractivity contribution >= 4 is 5.91 Å². The van der Waals surface area contributed by atoms with Gasteiger partial charge in [0.1, 0.15) is 0 Å². The zero-order valence-electron chi connectivity index (χ0n) is 13.5. The minimum Gasteiger partial charge on any atom is -0.353 e. The SMILES string of the molecule is CC1(C)CC(NC(=O)CC2(CN)CCC2)CC(C)(C)N1. The Bertz CT molecular complexity index is 350. The van der Waals surface area contributed by atoms with E-state index in [2.05, 4.69) is 38.3 Å². The second-order valence-corrected chi connectivity index (χ2v) is 8.30. The van der Waals surface area contributed by atoms with Gasteiger partial charge < -0.3 is 16.4 Å². The minimum atomic E-state index is 0.0712. The summed E-state index contributed by atoms with van der Waals surface area (Å²) in [6.45, 7) is 9.48. The van der Waals surface area contributed by atoms with Gasteiger partial charge in [0.2, 0.25) is 5.91 Å². The van der Waals surface area contributed by atoms with Crippen molar-refractivity contribution in [3.63, 3.8) is 0 Å². The maximum absolute atomic E-state index is 12.3. The van der Waals surface area contributed by atoms with Gasteiger partial charge in [-0.25, -0.2) is 0 Å². The molecule has 1 saturated carbocycles. The average molecular weight is 281 g/mol. The number of nitrogens with one attached hydrogen (secondary N) is 2. The van der Waals surface area contributed by atoms with Crippen LogP contribution in [0, 0.1) is 5.41 Å². The Morgan fingerprint density at radius 2 is 1.75 bits per heavy atom. The van der Waals surface area contributed by atoms with Crippen LogP contribution in [-0.4, -0.2) is 29.6 Å². The van der Waals surface area contributed by atoms with Crippen LogP contribution in [0.4, 0.5) is 0 Å². The molecule has 0 spiro atoms. The molecule has 0 bridgehead atoms. The lowest BCUT2D eigenvalue weighted by molar-refractivity contribution is -0.126. The van der Waals surface area contributed by atoms with E-state index in [-0.39, 0.29) is 28.4 Å². The molecule has 0 aromatic rings. The first-order valence-corrected chi connectivity index (χ1v) is 7.94. The monoisotopic (exact) mass is 281 g/mol. The van der Waals surface area contributed by atoms with Gasteiger partial charge in [-0.2, -0.15) is 0 Å². The molecule has 0 atom stereocenters. The third kappa shape index (κ3) is 3.73. The Balaban J connectivity index is 1.90. The summed E-state index contributed by atoms with van der Waals surface area (Å²) in [5.74, 6) is 0.189. The molecule has 4 N–H and O–H groups in total. The molecule has 1 aliphatic heterocycles. The molecule has 0 aromatic heterocycles. The lowest BCUT2D eigenvalue weighted by Gasteiger charge is -2.47. The van der Waals surface area contributed by atoms with Crippen LogP contribution in [0.5, 0.6) is 0 Å². The first-order valence-electron chi connectivity index (χ1n) is 7.94. The fourth-order valence-electron chi connectivity index (χ4n) is 4.17. The summed E-state index contributed by atoms with van der Waals surface area (Å²) in [7, 11) is 0. The highest BCUT2D eigenvalue weighted by molar-refractivity contribution is 5.77. The standard InChI is InChI=1S/C16H31N3O/c1-14(2)8-12(9-15(3,4)19-14)18-13(20)10-16(11-17)6-5-7-16/h12,19H,5-11,17H2,1-4H3,(H,18,20). The van der Waals surface area contributed by atoms with Crippen molar-refractivity contribution in [3.8, 4) is 0 Å². The van der Waals surface area contributed by atoms with E-state index in [1.807, 2.05) is 0 Å². The van der Waals surface area contributed by atoms with E-state index < -0.39 is 0 Å². The topological polar surface area (TPSA) is 67.2 Å². The first-order chi connectivity index (χ1) is 9.15. The zero-order chi connectivity index (χ0) is 15.0. The molecule has 4 nitrogen and oxygen atoms in total. The molecule has 1 heterocycles. The van der Waals surface area contributed by atoms with Crippen molar-refractivity contribution in [1.82, 2.24) is 10.6 Å². The van der Waals surface area contributed by atoms with Crippen molar-refractivity contribution < 1.29 is 4.79 Å². The predicted octanol–water partition coefficient (Wildman–Crippen LogP) is 1.93. The molecule has 0 unspecified atom stereocenters. The molecule has 20 heavy (non-hydrogen) atoms. The van der Waals surface area contributed by atoms with Crippen molar-refractivity contribution in [2.24, 2.45) is 11.1 Å². The van der Waals surface area contributed by atoms with Gasteiger partial charge in [0.25, 0.3) is 0 Å². The van der Waals surface area contributed by atoms with Crippen LogP contribution >= 0.6 is 0 Å². The highest BCUT2D eigenvalue weighted by atomic mass is 16.1. The van der Waals surface area contributed by atoms with Gasteiger partial charge in [-0.05, 0) is 65.3 Å². The maximum atomic E-state index is 12.3. The Hall–Kier alpha value is -0.610. The molecule has 2 aliphatic rings. The quantitative estimate of drug-likeness (QED) is 0.737. The number of carbonyl (C=O) groups is 1. The maximum Gasteiger partial charge on any atom is 0.220 e. The van der Waals surface area contributed by atoms with Crippen LogP contribution < -0.4 is 16.4 Å². The summed E-state index contributed by atoms with van der Waals surface area (Å²) in [6, 6.07) is 0.267. The van der Waals surface area contributed by atoms with Crippen molar-refractivity contribution in [3.05, 3.63) is 0 Å². The van der Waals surface area contributed by atoms with E-state index in [0.29, 0.717) is 13.0 Å². The van der Waals surface area contributed by atoms with Gasteiger partial charge >= 0.3 is 0 Å². The molecule has 0 aromatic carbocycles.